The fraction of sp³-hybridized carbons (Fsp3) is 0.227. The number of nitrogens with zero attached hydrogens (tertiary/aromatic N) is 3. The SMILES string of the molecule is Cc1ccc(Nc2ccc(CNC(=O)C3(NC(=O)c4cncnc4)CC3)nc2)c(Cl)c1. The molecule has 1 aromatic carbocycles. The number of carbonyl (C=O) groups excluding carboxylic acids is 2. The molecule has 1 fully saturated rings. The highest BCUT2D eigenvalue weighted by molar-refractivity contribution is 6.33. The molecule has 3 N–H and O–H groups in total. The summed E-state index contributed by atoms with van der Waals surface area (Å²) in [5, 5.41) is 9.50. The monoisotopic (exact) mass is 436 g/mol. The molecule has 0 bridgehead atoms. The van der Waals surface area contributed by atoms with Gasteiger partial charge in [-0.2, -0.15) is 0 Å². The van der Waals surface area contributed by atoms with E-state index in [9.17, 15) is 9.59 Å². The summed E-state index contributed by atoms with van der Waals surface area (Å²) in [4.78, 5) is 37.0. The van der Waals surface area contributed by atoms with Crippen LogP contribution in [0.3, 0.4) is 0 Å². The molecular formula is C22H21ClN6O2. The fourth-order valence-corrected chi connectivity index (χ4v) is 3.34. The molecule has 2 amide bonds. The highest BCUT2D eigenvalue weighted by atomic mass is 35.5. The quantitative estimate of drug-likeness (QED) is 0.525. The average Bonchev–Trinajstić information content (AvgIpc) is 3.56. The number of amides is 2. The van der Waals surface area contributed by atoms with E-state index in [1.54, 1.807) is 6.20 Å². The van der Waals surface area contributed by atoms with Gasteiger partial charge in [0.25, 0.3) is 5.91 Å². The fourth-order valence-electron chi connectivity index (χ4n) is 3.06. The maximum absolute atomic E-state index is 12.6. The second-order valence-electron chi connectivity index (χ2n) is 7.49. The van der Waals surface area contributed by atoms with E-state index in [4.69, 9.17) is 11.6 Å². The third kappa shape index (κ3) is 4.97. The van der Waals surface area contributed by atoms with E-state index in [0.717, 1.165) is 16.9 Å². The number of aryl methyl sites for hydroxylation is 1. The molecule has 3 aromatic rings. The average molecular weight is 437 g/mol. The van der Waals surface area contributed by atoms with Crippen LogP contribution in [0.25, 0.3) is 0 Å². The van der Waals surface area contributed by atoms with E-state index in [2.05, 4.69) is 30.9 Å². The van der Waals surface area contributed by atoms with Crippen LogP contribution in [-0.2, 0) is 11.3 Å². The van der Waals surface area contributed by atoms with Crippen LogP contribution < -0.4 is 16.0 Å². The van der Waals surface area contributed by atoms with Gasteiger partial charge in [-0.3, -0.25) is 14.6 Å². The van der Waals surface area contributed by atoms with Crippen molar-refractivity contribution in [1.82, 2.24) is 25.6 Å². The minimum atomic E-state index is -0.878. The van der Waals surface area contributed by atoms with E-state index in [1.807, 2.05) is 37.3 Å². The first-order valence-electron chi connectivity index (χ1n) is 9.79. The van der Waals surface area contributed by atoms with Gasteiger partial charge in [-0.15, -0.1) is 0 Å². The van der Waals surface area contributed by atoms with E-state index < -0.39 is 5.54 Å². The number of rotatable bonds is 7. The lowest BCUT2D eigenvalue weighted by Crippen LogP contribution is -2.48. The smallest absolute Gasteiger partial charge is 0.255 e. The Morgan fingerprint density at radius 3 is 2.52 bits per heavy atom. The number of nitrogens with one attached hydrogen (secondary N) is 3. The maximum Gasteiger partial charge on any atom is 0.255 e. The lowest BCUT2D eigenvalue weighted by molar-refractivity contribution is -0.124. The summed E-state index contributed by atoms with van der Waals surface area (Å²) < 4.78 is 0. The predicted molar refractivity (Wildman–Crippen MR) is 117 cm³/mol. The maximum atomic E-state index is 12.6. The van der Waals surface area contributed by atoms with Crippen LogP contribution in [0, 0.1) is 6.92 Å². The van der Waals surface area contributed by atoms with Crippen molar-refractivity contribution in [3.05, 3.63) is 77.1 Å². The molecule has 0 unspecified atom stereocenters. The molecule has 0 atom stereocenters. The summed E-state index contributed by atoms with van der Waals surface area (Å²) >= 11 is 6.25. The molecule has 0 spiro atoms. The van der Waals surface area contributed by atoms with Gasteiger partial charge in [0.2, 0.25) is 5.91 Å². The summed E-state index contributed by atoms with van der Waals surface area (Å²) in [7, 11) is 0. The molecule has 8 nitrogen and oxygen atoms in total. The molecule has 2 heterocycles. The van der Waals surface area contributed by atoms with Crippen molar-refractivity contribution in [2.45, 2.75) is 31.8 Å². The number of pyridine rings is 1. The summed E-state index contributed by atoms with van der Waals surface area (Å²) in [6.45, 7) is 2.24. The zero-order chi connectivity index (χ0) is 21.8. The van der Waals surface area contributed by atoms with E-state index in [0.29, 0.717) is 29.1 Å². The van der Waals surface area contributed by atoms with Gasteiger partial charge in [0, 0.05) is 12.4 Å². The van der Waals surface area contributed by atoms with Gasteiger partial charge >= 0.3 is 0 Å². The Balaban J connectivity index is 1.31. The number of halogens is 1. The van der Waals surface area contributed by atoms with Crippen LogP contribution in [0.2, 0.25) is 5.02 Å². The highest BCUT2D eigenvalue weighted by Gasteiger charge is 2.51. The summed E-state index contributed by atoms with van der Waals surface area (Å²) in [5.41, 5.74) is 2.81. The van der Waals surface area contributed by atoms with Crippen LogP contribution in [0.1, 0.15) is 34.5 Å². The molecule has 1 saturated carbocycles. The van der Waals surface area contributed by atoms with Crippen molar-refractivity contribution in [1.29, 1.82) is 0 Å². The molecule has 0 saturated heterocycles. The van der Waals surface area contributed by atoms with Gasteiger partial charge in [-0.05, 0) is 49.6 Å². The second kappa shape index (κ2) is 8.69. The van der Waals surface area contributed by atoms with Gasteiger partial charge < -0.3 is 16.0 Å². The van der Waals surface area contributed by atoms with Crippen molar-refractivity contribution >= 4 is 34.8 Å². The van der Waals surface area contributed by atoms with E-state index in [1.165, 1.54) is 18.7 Å². The Bertz CT molecular complexity index is 1100. The largest absolute Gasteiger partial charge is 0.353 e. The minimum Gasteiger partial charge on any atom is -0.353 e. The lowest BCUT2D eigenvalue weighted by Gasteiger charge is -2.17. The van der Waals surface area contributed by atoms with Crippen molar-refractivity contribution < 1.29 is 9.59 Å². The molecule has 1 aliphatic rings. The van der Waals surface area contributed by atoms with Gasteiger partial charge in [-0.1, -0.05) is 17.7 Å². The summed E-state index contributed by atoms with van der Waals surface area (Å²) in [5.74, 6) is -0.593. The van der Waals surface area contributed by atoms with Crippen LogP contribution in [0.4, 0.5) is 11.4 Å². The van der Waals surface area contributed by atoms with Crippen LogP contribution >= 0.6 is 11.6 Å². The Hall–Kier alpha value is -3.52. The zero-order valence-electron chi connectivity index (χ0n) is 16.9. The first-order valence-corrected chi connectivity index (χ1v) is 10.2. The van der Waals surface area contributed by atoms with Crippen LogP contribution in [0.5, 0.6) is 0 Å². The number of anilines is 2. The minimum absolute atomic E-state index is 0.229. The Morgan fingerprint density at radius 1 is 1.10 bits per heavy atom. The van der Waals surface area contributed by atoms with Gasteiger partial charge in [0.05, 0.1) is 40.4 Å². The predicted octanol–water partition coefficient (Wildman–Crippen LogP) is 3.16. The number of hydrogen-bond donors (Lipinski definition) is 3. The molecule has 2 aromatic heterocycles. The number of aromatic nitrogens is 3. The summed E-state index contributed by atoms with van der Waals surface area (Å²) in [6, 6.07) is 9.47. The van der Waals surface area contributed by atoms with Crippen LogP contribution in [-0.4, -0.2) is 32.3 Å². The van der Waals surface area contributed by atoms with Crippen molar-refractivity contribution in [3.8, 4) is 0 Å². The molecule has 9 heteroatoms. The molecule has 158 valence electrons. The Labute approximate surface area is 184 Å². The zero-order valence-corrected chi connectivity index (χ0v) is 17.6. The standard InChI is InChI=1S/C22H21ClN6O2/c1-14-2-5-19(18(23)8-14)28-17-4-3-16(26-12-17)11-27-21(31)22(6-7-22)29-20(30)15-9-24-13-25-10-15/h2-5,8-10,12-13,28H,6-7,11H2,1H3,(H,27,31)(H,29,30). The molecule has 31 heavy (non-hydrogen) atoms. The topological polar surface area (TPSA) is 109 Å². The first-order chi connectivity index (χ1) is 14.9. The number of benzene rings is 1. The molecule has 0 radical (unpaired) electrons. The Morgan fingerprint density at radius 2 is 1.87 bits per heavy atom. The van der Waals surface area contributed by atoms with Crippen molar-refractivity contribution in [3.63, 3.8) is 0 Å². The van der Waals surface area contributed by atoms with Crippen molar-refractivity contribution in [2.75, 3.05) is 5.32 Å². The molecule has 0 aliphatic heterocycles. The first kappa shape index (κ1) is 20.7. The van der Waals surface area contributed by atoms with Gasteiger partial charge in [-0.25, -0.2) is 9.97 Å². The number of carbonyl (C=O) groups is 2. The van der Waals surface area contributed by atoms with Crippen LogP contribution in [0.15, 0.2) is 55.2 Å². The van der Waals surface area contributed by atoms with Gasteiger partial charge in [0.1, 0.15) is 11.9 Å². The van der Waals surface area contributed by atoms with E-state index in [-0.39, 0.29) is 18.4 Å². The number of hydrogen-bond acceptors (Lipinski definition) is 6. The normalized spacial score (nSPS) is 13.9. The Kier molecular flexibility index (Phi) is 5.81. The molecule has 1 aliphatic carbocycles. The third-order valence-electron chi connectivity index (χ3n) is 5.02. The van der Waals surface area contributed by atoms with E-state index >= 15 is 0 Å². The second-order valence-corrected chi connectivity index (χ2v) is 7.90. The molecular weight excluding hydrogens is 416 g/mol. The van der Waals surface area contributed by atoms with Crippen molar-refractivity contribution in [2.24, 2.45) is 0 Å². The summed E-state index contributed by atoms with van der Waals surface area (Å²) in [6.07, 6.45) is 7.04. The van der Waals surface area contributed by atoms with Gasteiger partial charge in [0.15, 0.2) is 0 Å². The lowest BCUT2D eigenvalue weighted by atomic mass is 10.2. The third-order valence-corrected chi connectivity index (χ3v) is 5.33. The highest BCUT2D eigenvalue weighted by Crippen LogP contribution is 2.36. The molecule has 4 rings (SSSR count).